The van der Waals surface area contributed by atoms with Gasteiger partial charge in [0.15, 0.2) is 11.5 Å². The number of aromatic hydroxyl groups is 1. The lowest BCUT2D eigenvalue weighted by molar-refractivity contribution is 0.373. The molecule has 20 heavy (non-hydrogen) atoms. The molecule has 0 amide bonds. The van der Waals surface area contributed by atoms with Crippen LogP contribution in [-0.2, 0) is 0 Å². The predicted octanol–water partition coefficient (Wildman–Crippen LogP) is 3.11. The lowest BCUT2D eigenvalue weighted by atomic mass is 10.1. The standard InChI is InChI=1S/C17H15NO2/c1-12-3-5-13(6-4-12)7-8-15-9-14(11-18)10-16(20-2)17(15)19/h3-6,9-11,18-19H,1-2H3. The maximum Gasteiger partial charge on any atom is 0.173 e. The number of hydrogen-bond acceptors (Lipinski definition) is 3. The Morgan fingerprint density at radius 3 is 2.45 bits per heavy atom. The van der Waals surface area contributed by atoms with Gasteiger partial charge in [-0.05, 0) is 36.8 Å². The third-order valence-corrected chi connectivity index (χ3v) is 2.88. The van der Waals surface area contributed by atoms with Crippen LogP contribution < -0.4 is 4.74 Å². The Hall–Kier alpha value is -2.73. The minimum atomic E-state index is -0.00212. The van der Waals surface area contributed by atoms with Crippen molar-refractivity contribution in [2.75, 3.05) is 7.11 Å². The molecule has 100 valence electrons. The zero-order chi connectivity index (χ0) is 14.5. The fourth-order valence-corrected chi connectivity index (χ4v) is 1.74. The van der Waals surface area contributed by atoms with Crippen molar-refractivity contribution in [2.45, 2.75) is 6.92 Å². The van der Waals surface area contributed by atoms with Gasteiger partial charge in [0.2, 0.25) is 0 Å². The second-order valence-electron chi connectivity index (χ2n) is 4.38. The van der Waals surface area contributed by atoms with Gasteiger partial charge in [-0.25, -0.2) is 0 Å². The number of phenolic OH excluding ortho intramolecular Hbond substituents is 1. The first kappa shape index (κ1) is 13.7. The molecular formula is C17H15NO2. The van der Waals surface area contributed by atoms with E-state index in [9.17, 15) is 5.11 Å². The highest BCUT2D eigenvalue weighted by Crippen LogP contribution is 2.30. The Bertz CT molecular complexity index is 691. The number of methoxy groups -OCH3 is 1. The van der Waals surface area contributed by atoms with Gasteiger partial charge >= 0.3 is 0 Å². The van der Waals surface area contributed by atoms with Crippen molar-refractivity contribution < 1.29 is 9.84 Å². The van der Waals surface area contributed by atoms with Crippen molar-refractivity contribution in [1.82, 2.24) is 0 Å². The molecule has 2 N–H and O–H groups in total. The van der Waals surface area contributed by atoms with Crippen LogP contribution in [0.3, 0.4) is 0 Å². The van der Waals surface area contributed by atoms with E-state index in [1.165, 1.54) is 18.9 Å². The summed E-state index contributed by atoms with van der Waals surface area (Å²) in [6, 6.07) is 11.1. The summed E-state index contributed by atoms with van der Waals surface area (Å²) in [5, 5.41) is 17.3. The van der Waals surface area contributed by atoms with Gasteiger partial charge in [0.1, 0.15) is 0 Å². The number of aryl methyl sites for hydroxylation is 1. The molecule has 2 aromatic carbocycles. The minimum absolute atomic E-state index is 0.00212. The topological polar surface area (TPSA) is 53.3 Å². The molecule has 0 aliphatic rings. The van der Waals surface area contributed by atoms with Crippen LogP contribution in [0.4, 0.5) is 0 Å². The number of rotatable bonds is 2. The molecule has 0 saturated heterocycles. The molecule has 0 radical (unpaired) electrons. The van der Waals surface area contributed by atoms with Crippen LogP contribution in [0.2, 0.25) is 0 Å². The molecule has 0 atom stereocenters. The van der Waals surface area contributed by atoms with E-state index in [1.54, 1.807) is 12.1 Å². The van der Waals surface area contributed by atoms with Crippen molar-refractivity contribution >= 4 is 6.21 Å². The lowest BCUT2D eigenvalue weighted by Gasteiger charge is -2.06. The number of hydrogen-bond donors (Lipinski definition) is 2. The summed E-state index contributed by atoms with van der Waals surface area (Å²) in [5.74, 6) is 6.22. The highest BCUT2D eigenvalue weighted by molar-refractivity contribution is 5.80. The molecule has 0 bridgehead atoms. The van der Waals surface area contributed by atoms with E-state index in [2.05, 4.69) is 11.8 Å². The van der Waals surface area contributed by atoms with E-state index >= 15 is 0 Å². The Labute approximate surface area is 118 Å². The predicted molar refractivity (Wildman–Crippen MR) is 79.7 cm³/mol. The normalized spacial score (nSPS) is 9.50. The van der Waals surface area contributed by atoms with Gasteiger partial charge in [0.25, 0.3) is 0 Å². The number of benzene rings is 2. The maximum absolute atomic E-state index is 10.0. The number of ether oxygens (including phenoxy) is 1. The average molecular weight is 265 g/mol. The monoisotopic (exact) mass is 265 g/mol. The second kappa shape index (κ2) is 5.94. The van der Waals surface area contributed by atoms with Crippen LogP contribution in [0, 0.1) is 24.2 Å². The highest BCUT2D eigenvalue weighted by Gasteiger charge is 2.07. The van der Waals surface area contributed by atoms with Crippen LogP contribution >= 0.6 is 0 Å². The van der Waals surface area contributed by atoms with Gasteiger partial charge in [-0.3, -0.25) is 0 Å². The van der Waals surface area contributed by atoms with Gasteiger partial charge < -0.3 is 15.3 Å². The highest BCUT2D eigenvalue weighted by atomic mass is 16.5. The Morgan fingerprint density at radius 2 is 1.85 bits per heavy atom. The summed E-state index contributed by atoms with van der Waals surface area (Å²) in [7, 11) is 1.47. The summed E-state index contributed by atoms with van der Waals surface area (Å²) < 4.78 is 5.07. The van der Waals surface area contributed by atoms with Crippen LogP contribution in [0.25, 0.3) is 0 Å². The molecular weight excluding hydrogens is 250 g/mol. The molecule has 0 unspecified atom stereocenters. The second-order valence-corrected chi connectivity index (χ2v) is 4.38. The van der Waals surface area contributed by atoms with E-state index in [0.29, 0.717) is 16.9 Å². The smallest absolute Gasteiger partial charge is 0.173 e. The molecule has 0 saturated carbocycles. The van der Waals surface area contributed by atoms with Gasteiger partial charge in [0.05, 0.1) is 12.7 Å². The van der Waals surface area contributed by atoms with E-state index < -0.39 is 0 Å². The Balaban J connectivity index is 2.43. The molecule has 2 rings (SSSR count). The number of nitrogens with one attached hydrogen (secondary N) is 1. The first-order valence-electron chi connectivity index (χ1n) is 6.14. The first-order chi connectivity index (χ1) is 9.63. The summed E-state index contributed by atoms with van der Waals surface area (Å²) in [6.07, 6.45) is 1.19. The van der Waals surface area contributed by atoms with Gasteiger partial charge in [-0.2, -0.15) is 0 Å². The third-order valence-electron chi connectivity index (χ3n) is 2.88. The average Bonchev–Trinajstić information content (AvgIpc) is 2.48. The largest absolute Gasteiger partial charge is 0.503 e. The van der Waals surface area contributed by atoms with E-state index in [-0.39, 0.29) is 5.75 Å². The van der Waals surface area contributed by atoms with Crippen LogP contribution in [0.5, 0.6) is 11.5 Å². The molecule has 0 aliphatic heterocycles. The Kier molecular flexibility index (Phi) is 4.07. The van der Waals surface area contributed by atoms with Gasteiger partial charge in [-0.15, -0.1) is 0 Å². The summed E-state index contributed by atoms with van der Waals surface area (Å²) in [5.41, 5.74) is 3.12. The molecule has 3 nitrogen and oxygen atoms in total. The van der Waals surface area contributed by atoms with Crippen molar-refractivity contribution in [1.29, 1.82) is 5.41 Å². The zero-order valence-electron chi connectivity index (χ0n) is 11.4. The van der Waals surface area contributed by atoms with Gasteiger partial charge in [-0.1, -0.05) is 29.5 Å². The quantitative estimate of drug-likeness (QED) is 0.647. The van der Waals surface area contributed by atoms with E-state index in [4.69, 9.17) is 10.1 Å². The summed E-state index contributed by atoms with van der Waals surface area (Å²) in [6.45, 7) is 2.02. The molecule has 0 aliphatic carbocycles. The molecule has 0 spiro atoms. The molecule has 3 heteroatoms. The van der Waals surface area contributed by atoms with E-state index in [1.807, 2.05) is 31.2 Å². The van der Waals surface area contributed by atoms with Crippen LogP contribution in [-0.4, -0.2) is 18.4 Å². The first-order valence-corrected chi connectivity index (χ1v) is 6.14. The molecule has 0 heterocycles. The zero-order valence-corrected chi connectivity index (χ0v) is 11.4. The lowest BCUT2D eigenvalue weighted by Crippen LogP contribution is -1.90. The third kappa shape index (κ3) is 2.99. The van der Waals surface area contributed by atoms with Crippen molar-refractivity contribution in [3.05, 3.63) is 58.7 Å². The molecule has 0 fully saturated rings. The maximum atomic E-state index is 10.0. The van der Waals surface area contributed by atoms with Crippen molar-refractivity contribution in [3.63, 3.8) is 0 Å². The Morgan fingerprint density at radius 1 is 1.15 bits per heavy atom. The van der Waals surface area contributed by atoms with Crippen LogP contribution in [0.1, 0.15) is 22.3 Å². The van der Waals surface area contributed by atoms with E-state index in [0.717, 1.165) is 5.56 Å². The van der Waals surface area contributed by atoms with Crippen molar-refractivity contribution in [2.24, 2.45) is 0 Å². The van der Waals surface area contributed by atoms with Crippen molar-refractivity contribution in [3.8, 4) is 23.3 Å². The number of phenols is 1. The van der Waals surface area contributed by atoms with Crippen LogP contribution in [0.15, 0.2) is 36.4 Å². The molecule has 2 aromatic rings. The molecule has 0 aromatic heterocycles. The van der Waals surface area contributed by atoms with Gasteiger partial charge in [0, 0.05) is 11.8 Å². The fraction of sp³-hybridized carbons (Fsp3) is 0.118. The minimum Gasteiger partial charge on any atom is -0.503 e. The summed E-state index contributed by atoms with van der Waals surface area (Å²) >= 11 is 0. The summed E-state index contributed by atoms with van der Waals surface area (Å²) in [4.78, 5) is 0. The SMILES string of the molecule is COc1cc(C=N)cc(C#Cc2ccc(C)cc2)c1O. The fourth-order valence-electron chi connectivity index (χ4n) is 1.74.